The van der Waals surface area contributed by atoms with Gasteiger partial charge in [-0.2, -0.15) is 0 Å². The van der Waals surface area contributed by atoms with E-state index in [1.807, 2.05) is 41.2 Å². The molecule has 0 spiro atoms. The van der Waals surface area contributed by atoms with Gasteiger partial charge in [0, 0.05) is 23.3 Å². The summed E-state index contributed by atoms with van der Waals surface area (Å²) >= 11 is 2.47. The monoisotopic (exact) mass is 500 g/mol. The fourth-order valence-electron chi connectivity index (χ4n) is 3.53. The van der Waals surface area contributed by atoms with E-state index in [0.717, 1.165) is 16.2 Å². The van der Waals surface area contributed by atoms with Gasteiger partial charge in [0.25, 0.3) is 11.8 Å². The van der Waals surface area contributed by atoms with E-state index in [4.69, 9.17) is 10.6 Å². The molecular formula is C21H20N6O5S2. The summed E-state index contributed by atoms with van der Waals surface area (Å²) in [6, 6.07) is 4.74. The lowest BCUT2D eigenvalue weighted by Gasteiger charge is -2.50. The van der Waals surface area contributed by atoms with Crippen LogP contribution in [0.1, 0.15) is 5.69 Å². The number of nitrogens with zero attached hydrogens (tertiary/aromatic N) is 4. The van der Waals surface area contributed by atoms with Crippen molar-refractivity contribution in [3.8, 4) is 0 Å². The number of nitrogens with two attached hydrogens (primary N) is 1. The number of nitrogen functional groups attached to an aromatic ring is 1. The minimum atomic E-state index is -1.45. The Kier molecular flexibility index (Phi) is 6.93. The first-order valence-corrected chi connectivity index (χ1v) is 12.0. The molecule has 1 fully saturated rings. The van der Waals surface area contributed by atoms with Crippen LogP contribution in [0, 0.1) is 0 Å². The predicted octanol–water partition coefficient (Wildman–Crippen LogP) is -0.976. The Morgan fingerprint density at radius 3 is 2.82 bits per heavy atom. The molecule has 1 unspecified atom stereocenters. The number of hydrogen-bond donors (Lipinski definition) is 2. The van der Waals surface area contributed by atoms with Gasteiger partial charge >= 0.3 is 0 Å². The van der Waals surface area contributed by atoms with Crippen LogP contribution >= 0.6 is 23.1 Å². The van der Waals surface area contributed by atoms with Gasteiger partial charge in [0.05, 0.1) is 11.7 Å². The van der Waals surface area contributed by atoms with E-state index < -0.39 is 29.2 Å². The van der Waals surface area contributed by atoms with Crippen LogP contribution in [-0.2, 0) is 25.8 Å². The molecule has 0 aliphatic carbocycles. The molecule has 0 saturated carbocycles. The minimum Gasteiger partial charge on any atom is -0.543 e. The third-order valence-electron chi connectivity index (χ3n) is 5.05. The number of carbonyl (C=O) groups excluding carboxylic acids is 3. The number of allylic oxidation sites excluding steroid dienone is 2. The van der Waals surface area contributed by atoms with Crippen molar-refractivity contribution in [1.29, 1.82) is 0 Å². The maximum Gasteiger partial charge on any atom is 0.276 e. The number of carbonyl (C=O) groups is 3. The third-order valence-corrected chi connectivity index (χ3v) is 7.03. The van der Waals surface area contributed by atoms with E-state index in [1.165, 1.54) is 18.9 Å². The Balaban J connectivity index is 1.49. The first kappa shape index (κ1) is 23.4. The number of carboxylic acid groups (broad SMARTS) is 1. The van der Waals surface area contributed by atoms with Crippen molar-refractivity contribution in [2.45, 2.75) is 18.0 Å². The second-order valence-corrected chi connectivity index (χ2v) is 9.19. The van der Waals surface area contributed by atoms with Crippen LogP contribution in [0.3, 0.4) is 0 Å². The van der Waals surface area contributed by atoms with Crippen LogP contribution in [-0.4, -0.2) is 57.7 Å². The molecule has 0 radical (unpaired) electrons. The van der Waals surface area contributed by atoms with Crippen LogP contribution in [0.15, 0.2) is 64.6 Å². The number of thioether (sulfide) groups is 1. The second-order valence-electron chi connectivity index (χ2n) is 7.19. The Bertz CT molecular complexity index is 1210. The summed E-state index contributed by atoms with van der Waals surface area (Å²) in [7, 11) is 1.28. The van der Waals surface area contributed by atoms with Crippen LogP contribution in [0.25, 0.3) is 0 Å². The molecule has 4 heterocycles. The molecule has 176 valence electrons. The highest BCUT2D eigenvalue weighted by atomic mass is 32.2. The molecule has 1 saturated heterocycles. The Labute approximate surface area is 202 Å². The largest absolute Gasteiger partial charge is 0.543 e. The number of thiazole rings is 1. The summed E-state index contributed by atoms with van der Waals surface area (Å²) in [6.07, 6.45) is 7.27. The number of fused-ring (bicyclic) bond motifs is 1. The summed E-state index contributed by atoms with van der Waals surface area (Å²) in [5.74, 6) is -2.35. The van der Waals surface area contributed by atoms with Crippen molar-refractivity contribution in [2.24, 2.45) is 5.16 Å². The molecule has 11 nitrogen and oxygen atoms in total. The van der Waals surface area contributed by atoms with Gasteiger partial charge in [-0.05, 0) is 11.6 Å². The number of aromatic nitrogens is 2. The number of oxime groups is 1. The number of aliphatic carboxylic acids is 1. The van der Waals surface area contributed by atoms with E-state index in [0.29, 0.717) is 17.9 Å². The first-order valence-electron chi connectivity index (χ1n) is 10.0. The maximum absolute atomic E-state index is 12.8. The Hall–Kier alpha value is -3.71. The smallest absolute Gasteiger partial charge is 0.276 e. The highest BCUT2D eigenvalue weighted by molar-refractivity contribution is 8.00. The van der Waals surface area contributed by atoms with Crippen LogP contribution < -0.4 is 20.7 Å². The minimum absolute atomic E-state index is 0.139. The number of anilines is 1. The molecule has 0 bridgehead atoms. The molecule has 2 amide bonds. The molecule has 2 aliphatic heterocycles. The fraction of sp³-hybridized carbons (Fsp3) is 0.238. The third kappa shape index (κ3) is 4.65. The van der Waals surface area contributed by atoms with Gasteiger partial charge in [-0.25, -0.2) is 9.55 Å². The van der Waals surface area contributed by atoms with Gasteiger partial charge < -0.3 is 25.8 Å². The lowest BCUT2D eigenvalue weighted by Crippen LogP contribution is -2.71. The molecule has 2 aromatic heterocycles. The van der Waals surface area contributed by atoms with Crippen molar-refractivity contribution >= 4 is 51.7 Å². The summed E-state index contributed by atoms with van der Waals surface area (Å²) < 4.78 is 1.92. The number of carboxylic acids is 1. The molecule has 2 aromatic rings. The summed E-state index contributed by atoms with van der Waals surface area (Å²) in [4.78, 5) is 47.4. The average molecular weight is 501 g/mol. The van der Waals surface area contributed by atoms with Crippen molar-refractivity contribution in [1.82, 2.24) is 15.2 Å². The zero-order valence-corrected chi connectivity index (χ0v) is 19.5. The van der Waals surface area contributed by atoms with Gasteiger partial charge in [0.2, 0.25) is 0 Å². The summed E-state index contributed by atoms with van der Waals surface area (Å²) in [5.41, 5.74) is 5.98. The molecule has 0 aromatic carbocycles. The van der Waals surface area contributed by atoms with E-state index >= 15 is 0 Å². The normalized spacial score (nSPS) is 20.2. The summed E-state index contributed by atoms with van der Waals surface area (Å²) in [5, 5.41) is 19.4. The number of β-lactam (4-membered cyclic amide) rings is 1. The zero-order chi connectivity index (χ0) is 24.2. The van der Waals surface area contributed by atoms with E-state index in [1.54, 1.807) is 11.5 Å². The molecule has 2 aliphatic rings. The number of nitrogens with one attached hydrogen (secondary N) is 1. The number of amides is 2. The maximum atomic E-state index is 12.8. The zero-order valence-electron chi connectivity index (χ0n) is 17.9. The lowest BCUT2D eigenvalue weighted by molar-refractivity contribution is -0.687. The van der Waals surface area contributed by atoms with Crippen LogP contribution in [0.5, 0.6) is 0 Å². The molecule has 2 atom stereocenters. The molecular weight excluding hydrogens is 480 g/mol. The van der Waals surface area contributed by atoms with Gasteiger partial charge in [0.15, 0.2) is 29.8 Å². The van der Waals surface area contributed by atoms with Gasteiger partial charge in [-0.1, -0.05) is 17.3 Å². The number of hydrogen-bond acceptors (Lipinski definition) is 10. The quantitative estimate of drug-likeness (QED) is 0.203. The van der Waals surface area contributed by atoms with E-state index in [-0.39, 0.29) is 22.2 Å². The van der Waals surface area contributed by atoms with Gasteiger partial charge in [-0.3, -0.25) is 14.5 Å². The van der Waals surface area contributed by atoms with Crippen molar-refractivity contribution in [3.63, 3.8) is 0 Å². The first-order chi connectivity index (χ1) is 16.4. The Morgan fingerprint density at radius 2 is 2.18 bits per heavy atom. The van der Waals surface area contributed by atoms with Gasteiger partial charge in [-0.15, -0.1) is 23.1 Å². The Morgan fingerprint density at radius 1 is 1.41 bits per heavy atom. The average Bonchev–Trinajstić information content (AvgIpc) is 3.26. The van der Waals surface area contributed by atoms with E-state index in [2.05, 4.69) is 15.5 Å². The van der Waals surface area contributed by atoms with Crippen molar-refractivity contribution in [2.75, 3.05) is 18.6 Å². The lowest BCUT2D eigenvalue weighted by atomic mass is 10.0. The standard InChI is InChI=1S/C21H20N6O5S2/c1-32-25-14(13-11-34-21(22)23-13)17(28)24-15-18(29)27-16(20(30)31)12(10-33-19(15)27)6-5-9-26-7-3-2-4-8-26/h2-8,11,15,19H,9-10H2,1H3,(H3-,22,23,24,28,30,31)/b6-5?,25-14-/t15?,19-/m0/s1. The van der Waals surface area contributed by atoms with E-state index in [9.17, 15) is 19.5 Å². The highest BCUT2D eigenvalue weighted by Crippen LogP contribution is 2.40. The molecule has 4 rings (SSSR count). The number of rotatable bonds is 8. The molecule has 13 heteroatoms. The van der Waals surface area contributed by atoms with Crippen LogP contribution in [0.2, 0.25) is 0 Å². The van der Waals surface area contributed by atoms with Crippen molar-refractivity contribution in [3.05, 3.63) is 65.1 Å². The van der Waals surface area contributed by atoms with Gasteiger partial charge in [0.1, 0.15) is 24.2 Å². The SMILES string of the molecule is CO/N=C(\C(=O)NC1C(=O)N2C(C(=O)[O-])=C(C=CC[n+]3ccccc3)CS[C@@H]12)c1csc(N)n1. The van der Waals surface area contributed by atoms with Crippen LogP contribution in [0.4, 0.5) is 5.13 Å². The predicted molar refractivity (Wildman–Crippen MR) is 123 cm³/mol. The molecule has 3 N–H and O–H groups in total. The topological polar surface area (TPSA) is 154 Å². The molecule has 34 heavy (non-hydrogen) atoms. The number of pyridine rings is 1. The second kappa shape index (κ2) is 10.1. The van der Waals surface area contributed by atoms with Crippen molar-refractivity contribution < 1.29 is 28.9 Å². The fourth-order valence-corrected chi connectivity index (χ4v) is 5.40. The highest BCUT2D eigenvalue weighted by Gasteiger charge is 2.53. The summed E-state index contributed by atoms with van der Waals surface area (Å²) in [6.45, 7) is 0.536.